The van der Waals surface area contributed by atoms with Crippen LogP contribution in [-0.4, -0.2) is 66.2 Å². The number of carbonyl (C=O) groups is 1. The van der Waals surface area contributed by atoms with Crippen molar-refractivity contribution >= 4 is 11.7 Å². The van der Waals surface area contributed by atoms with Gasteiger partial charge in [-0.2, -0.15) is 0 Å². The smallest absolute Gasteiger partial charge is 0.317 e. The summed E-state index contributed by atoms with van der Waals surface area (Å²) >= 11 is 0. The van der Waals surface area contributed by atoms with E-state index in [4.69, 9.17) is 0 Å². The Kier molecular flexibility index (Phi) is 4.47. The number of likely N-dealkylation sites (tertiary alicyclic amines) is 1. The van der Waals surface area contributed by atoms with E-state index in [9.17, 15) is 9.90 Å². The highest BCUT2D eigenvalue weighted by Crippen LogP contribution is 2.51. The van der Waals surface area contributed by atoms with Gasteiger partial charge in [-0.05, 0) is 50.9 Å². The molecule has 6 nitrogen and oxygen atoms in total. The van der Waals surface area contributed by atoms with Crippen molar-refractivity contribution in [3.8, 4) is 5.75 Å². The minimum atomic E-state index is 0.0309. The Morgan fingerprint density at radius 2 is 2.12 bits per heavy atom. The SMILES string of the molecule is CCN(CC)C(=O)N[C@H]1CC2c3cc(O)cc4c3C(CN4)C[C@H]2N(C)C1. The quantitative estimate of drug-likeness (QED) is 0.777. The zero-order valence-corrected chi connectivity index (χ0v) is 16.0. The monoisotopic (exact) mass is 358 g/mol. The maximum Gasteiger partial charge on any atom is 0.317 e. The van der Waals surface area contributed by atoms with Crippen LogP contribution in [0.4, 0.5) is 10.5 Å². The zero-order chi connectivity index (χ0) is 18.4. The van der Waals surface area contributed by atoms with Crippen LogP contribution in [0.15, 0.2) is 12.1 Å². The van der Waals surface area contributed by atoms with Crippen molar-refractivity contribution in [3.63, 3.8) is 0 Å². The first kappa shape index (κ1) is 17.5. The summed E-state index contributed by atoms with van der Waals surface area (Å²) < 4.78 is 0. The molecule has 0 radical (unpaired) electrons. The largest absolute Gasteiger partial charge is 0.508 e. The standard InChI is InChI=1S/C20H30N4O2/c1-4-24(5-2)20(26)22-13-7-15-16-8-14(25)9-17-19(16)12(10-21-17)6-18(15)23(3)11-13/h8-9,12-13,15,18,21,25H,4-7,10-11H2,1-3H3,(H,22,26)/t12?,13-,15?,18+/m0/s1. The highest BCUT2D eigenvalue weighted by molar-refractivity contribution is 5.74. The minimum absolute atomic E-state index is 0.0309. The molecule has 3 N–H and O–H groups in total. The number of anilines is 1. The number of carbonyl (C=O) groups excluding carboxylic acids is 1. The fraction of sp³-hybridized carbons (Fsp3) is 0.650. The predicted molar refractivity (Wildman–Crippen MR) is 103 cm³/mol. The van der Waals surface area contributed by atoms with E-state index in [2.05, 4.69) is 22.6 Å². The number of likely N-dealkylation sites (N-methyl/N-ethyl adjacent to an activating group) is 1. The maximum absolute atomic E-state index is 12.5. The van der Waals surface area contributed by atoms with Crippen LogP contribution in [-0.2, 0) is 0 Å². The van der Waals surface area contributed by atoms with Crippen molar-refractivity contribution in [2.75, 3.05) is 38.5 Å². The summed E-state index contributed by atoms with van der Waals surface area (Å²) in [6.45, 7) is 7.32. The number of amides is 2. The third-order valence-electron chi connectivity index (χ3n) is 6.53. The highest BCUT2D eigenvalue weighted by Gasteiger charge is 2.44. The van der Waals surface area contributed by atoms with Gasteiger partial charge in [-0.1, -0.05) is 0 Å². The molecule has 2 heterocycles. The summed E-state index contributed by atoms with van der Waals surface area (Å²) in [5.41, 5.74) is 3.77. The third kappa shape index (κ3) is 2.80. The number of piperidine rings is 1. The van der Waals surface area contributed by atoms with Gasteiger partial charge in [-0.3, -0.25) is 0 Å². The lowest BCUT2D eigenvalue weighted by Crippen LogP contribution is -2.56. The number of nitrogens with zero attached hydrogens (tertiary/aromatic N) is 2. The second kappa shape index (κ2) is 6.65. The molecule has 1 aliphatic carbocycles. The molecule has 0 bridgehead atoms. The summed E-state index contributed by atoms with van der Waals surface area (Å²) in [5, 5.41) is 16.9. The second-order valence-electron chi connectivity index (χ2n) is 7.98. The van der Waals surface area contributed by atoms with Crippen molar-refractivity contribution in [1.29, 1.82) is 0 Å². The maximum atomic E-state index is 12.5. The molecule has 142 valence electrons. The molecule has 1 saturated heterocycles. The van der Waals surface area contributed by atoms with Gasteiger partial charge in [0.2, 0.25) is 0 Å². The zero-order valence-electron chi connectivity index (χ0n) is 16.0. The van der Waals surface area contributed by atoms with Gasteiger partial charge in [0.05, 0.1) is 0 Å². The van der Waals surface area contributed by atoms with Crippen molar-refractivity contribution in [2.45, 2.75) is 50.6 Å². The molecule has 1 aromatic carbocycles. The Balaban J connectivity index is 1.59. The second-order valence-corrected chi connectivity index (χ2v) is 7.98. The number of phenolic OH excluding ortho intramolecular Hbond substituents is 1. The van der Waals surface area contributed by atoms with Gasteiger partial charge in [0, 0.05) is 61.9 Å². The van der Waals surface area contributed by atoms with E-state index < -0.39 is 0 Å². The number of hydrogen-bond acceptors (Lipinski definition) is 4. The third-order valence-corrected chi connectivity index (χ3v) is 6.53. The Labute approximate surface area is 155 Å². The molecule has 2 aliphatic heterocycles. The number of aromatic hydroxyl groups is 1. The van der Waals surface area contributed by atoms with Gasteiger partial charge in [0.25, 0.3) is 0 Å². The molecule has 0 saturated carbocycles. The topological polar surface area (TPSA) is 67.8 Å². The molecule has 2 amide bonds. The molecule has 2 unspecified atom stereocenters. The molecular formula is C20H30N4O2. The number of benzene rings is 1. The number of phenols is 1. The average molecular weight is 358 g/mol. The van der Waals surface area contributed by atoms with Crippen LogP contribution >= 0.6 is 0 Å². The molecule has 4 atom stereocenters. The molecule has 4 rings (SSSR count). The molecule has 3 aliphatic rings. The minimum Gasteiger partial charge on any atom is -0.508 e. The van der Waals surface area contributed by atoms with E-state index in [0.29, 0.717) is 23.6 Å². The van der Waals surface area contributed by atoms with Crippen LogP contribution in [0.1, 0.15) is 49.7 Å². The van der Waals surface area contributed by atoms with E-state index in [-0.39, 0.29) is 12.1 Å². The molecule has 6 heteroatoms. The lowest BCUT2D eigenvalue weighted by Gasteiger charge is -2.47. The average Bonchev–Trinajstić information content (AvgIpc) is 3.00. The van der Waals surface area contributed by atoms with E-state index in [0.717, 1.165) is 44.7 Å². The van der Waals surface area contributed by atoms with Crippen molar-refractivity contribution in [2.24, 2.45) is 0 Å². The van der Waals surface area contributed by atoms with Gasteiger partial charge >= 0.3 is 6.03 Å². The predicted octanol–water partition coefficient (Wildman–Crippen LogP) is 2.51. The van der Waals surface area contributed by atoms with Crippen molar-refractivity contribution in [3.05, 3.63) is 23.3 Å². The van der Waals surface area contributed by atoms with Gasteiger partial charge in [-0.15, -0.1) is 0 Å². The van der Waals surface area contributed by atoms with Gasteiger partial charge < -0.3 is 25.5 Å². The van der Waals surface area contributed by atoms with Gasteiger partial charge in [0.15, 0.2) is 0 Å². The van der Waals surface area contributed by atoms with E-state index in [1.807, 2.05) is 30.9 Å². The Hall–Kier alpha value is -1.95. The number of fused-ring (bicyclic) bond motifs is 2. The van der Waals surface area contributed by atoms with Gasteiger partial charge in [0.1, 0.15) is 5.75 Å². The lowest BCUT2D eigenvalue weighted by atomic mass is 9.69. The van der Waals surface area contributed by atoms with Crippen LogP contribution in [0.25, 0.3) is 0 Å². The molecule has 0 spiro atoms. The summed E-state index contributed by atoms with van der Waals surface area (Å²) in [6, 6.07) is 4.45. The molecular weight excluding hydrogens is 328 g/mol. The van der Waals surface area contributed by atoms with Crippen LogP contribution in [0.5, 0.6) is 5.75 Å². The van der Waals surface area contributed by atoms with Crippen LogP contribution in [0, 0.1) is 0 Å². The van der Waals surface area contributed by atoms with Crippen LogP contribution < -0.4 is 10.6 Å². The van der Waals surface area contributed by atoms with Gasteiger partial charge in [-0.25, -0.2) is 4.79 Å². The lowest BCUT2D eigenvalue weighted by molar-refractivity contribution is 0.108. The molecule has 1 aromatic rings. The summed E-state index contributed by atoms with van der Waals surface area (Å²) in [5.74, 6) is 1.23. The number of nitrogens with one attached hydrogen (secondary N) is 2. The van der Waals surface area contributed by atoms with Crippen molar-refractivity contribution < 1.29 is 9.90 Å². The van der Waals surface area contributed by atoms with Crippen LogP contribution in [0.3, 0.4) is 0 Å². The summed E-state index contributed by atoms with van der Waals surface area (Å²) in [7, 11) is 2.17. The summed E-state index contributed by atoms with van der Waals surface area (Å²) in [4.78, 5) is 16.7. The fourth-order valence-corrected chi connectivity index (χ4v) is 5.28. The molecule has 0 aromatic heterocycles. The Bertz CT molecular complexity index is 703. The molecule has 26 heavy (non-hydrogen) atoms. The first-order valence-electron chi connectivity index (χ1n) is 9.88. The summed E-state index contributed by atoms with van der Waals surface area (Å²) in [6.07, 6.45) is 2.08. The fourth-order valence-electron chi connectivity index (χ4n) is 5.28. The van der Waals surface area contributed by atoms with E-state index >= 15 is 0 Å². The molecule has 1 fully saturated rings. The van der Waals surface area contributed by atoms with Crippen molar-refractivity contribution in [1.82, 2.24) is 15.1 Å². The Morgan fingerprint density at radius 3 is 2.85 bits per heavy atom. The highest BCUT2D eigenvalue weighted by atomic mass is 16.3. The number of rotatable bonds is 3. The first-order valence-corrected chi connectivity index (χ1v) is 9.88. The van der Waals surface area contributed by atoms with E-state index in [1.54, 1.807) is 0 Å². The number of urea groups is 1. The normalized spacial score (nSPS) is 29.5. The van der Waals surface area contributed by atoms with E-state index in [1.165, 1.54) is 11.1 Å². The van der Waals surface area contributed by atoms with Crippen LogP contribution in [0.2, 0.25) is 0 Å². The first-order chi connectivity index (χ1) is 12.5. The number of hydrogen-bond donors (Lipinski definition) is 3. The Morgan fingerprint density at radius 1 is 1.35 bits per heavy atom.